The van der Waals surface area contributed by atoms with Gasteiger partial charge >= 0.3 is 0 Å². The number of benzene rings is 1. The lowest BCUT2D eigenvalue weighted by Crippen LogP contribution is -2.06. The van der Waals surface area contributed by atoms with Crippen molar-refractivity contribution in [3.05, 3.63) is 58.8 Å². The van der Waals surface area contributed by atoms with Gasteiger partial charge in [0.15, 0.2) is 0 Å². The molecule has 7 heteroatoms. The first kappa shape index (κ1) is 13.0. The highest BCUT2D eigenvalue weighted by atomic mass is 16.6. The molecular weight excluding hydrogens is 270 g/mol. The normalized spacial score (nSPS) is 10.7. The van der Waals surface area contributed by atoms with Crippen molar-refractivity contribution in [1.82, 2.24) is 15.0 Å². The first-order valence-corrected chi connectivity index (χ1v) is 6.49. The quantitative estimate of drug-likeness (QED) is 0.554. The molecule has 0 amide bonds. The van der Waals surface area contributed by atoms with Crippen LogP contribution in [0.3, 0.4) is 0 Å². The van der Waals surface area contributed by atoms with E-state index < -0.39 is 4.92 Å². The van der Waals surface area contributed by atoms with E-state index in [1.807, 2.05) is 12.1 Å². The van der Waals surface area contributed by atoms with Crippen LogP contribution in [0.25, 0.3) is 10.9 Å². The van der Waals surface area contributed by atoms with Crippen molar-refractivity contribution < 1.29 is 4.92 Å². The third-order valence-corrected chi connectivity index (χ3v) is 3.21. The maximum absolute atomic E-state index is 11.0. The van der Waals surface area contributed by atoms with Gasteiger partial charge in [0, 0.05) is 48.2 Å². The monoisotopic (exact) mass is 283 g/mol. The van der Waals surface area contributed by atoms with Gasteiger partial charge in [-0.1, -0.05) is 12.1 Å². The Hall–Kier alpha value is -2.96. The van der Waals surface area contributed by atoms with E-state index in [0.29, 0.717) is 12.1 Å². The Labute approximate surface area is 120 Å². The van der Waals surface area contributed by atoms with Gasteiger partial charge in [-0.15, -0.1) is 0 Å². The van der Waals surface area contributed by atoms with E-state index in [-0.39, 0.29) is 5.69 Å². The van der Waals surface area contributed by atoms with Crippen LogP contribution in [0.15, 0.2) is 43.0 Å². The lowest BCUT2D eigenvalue weighted by molar-refractivity contribution is -0.383. The number of non-ortho nitro benzene ring substituents is 1. The van der Waals surface area contributed by atoms with Crippen LogP contribution in [-0.2, 0) is 6.42 Å². The molecule has 21 heavy (non-hydrogen) atoms. The predicted molar refractivity (Wildman–Crippen MR) is 79.2 cm³/mol. The molecule has 0 aliphatic heterocycles. The average molecular weight is 283 g/mol. The fourth-order valence-electron chi connectivity index (χ4n) is 2.22. The highest BCUT2D eigenvalue weighted by molar-refractivity contribution is 5.96. The number of imidazole rings is 1. The highest BCUT2D eigenvalue weighted by Crippen LogP contribution is 2.28. The topological polar surface area (TPSA) is 96.7 Å². The van der Waals surface area contributed by atoms with Crippen molar-refractivity contribution in [2.24, 2.45) is 0 Å². The summed E-state index contributed by atoms with van der Waals surface area (Å²) in [6.45, 7) is 0.698. The summed E-state index contributed by atoms with van der Waals surface area (Å²) in [6, 6.07) is 6.78. The number of nitro benzene ring substituents is 1. The summed E-state index contributed by atoms with van der Waals surface area (Å²) < 4.78 is 0. The van der Waals surface area contributed by atoms with E-state index in [4.69, 9.17) is 0 Å². The van der Waals surface area contributed by atoms with Gasteiger partial charge in [-0.3, -0.25) is 10.1 Å². The number of nitro groups is 1. The molecule has 0 aliphatic carbocycles. The Bertz CT molecular complexity index is 770. The number of hydrogen-bond acceptors (Lipinski definition) is 5. The van der Waals surface area contributed by atoms with Gasteiger partial charge in [0.25, 0.3) is 5.69 Å². The second-order valence-corrected chi connectivity index (χ2v) is 4.54. The number of aromatic amines is 1. The molecule has 3 rings (SSSR count). The van der Waals surface area contributed by atoms with E-state index in [1.54, 1.807) is 24.8 Å². The standard InChI is InChI=1S/C14H13N5O2/c20-19(21)13-3-1-2-11-12(5-7-17-14(11)13)16-6-4-10-8-15-9-18-10/h1-3,5,7-9H,4,6H2,(H,15,18)(H,16,17). The number of pyridine rings is 1. The second-order valence-electron chi connectivity index (χ2n) is 4.54. The molecule has 0 atom stereocenters. The zero-order valence-corrected chi connectivity index (χ0v) is 11.1. The van der Waals surface area contributed by atoms with Crippen LogP contribution in [0.5, 0.6) is 0 Å². The molecule has 2 heterocycles. The van der Waals surface area contributed by atoms with Crippen LogP contribution in [0.1, 0.15) is 5.69 Å². The SMILES string of the molecule is O=[N+]([O-])c1cccc2c(NCCc3cnc[nH]3)ccnc12. The number of aromatic nitrogens is 3. The van der Waals surface area contributed by atoms with Gasteiger partial charge in [-0.25, -0.2) is 9.97 Å². The summed E-state index contributed by atoms with van der Waals surface area (Å²) in [5.74, 6) is 0. The van der Waals surface area contributed by atoms with Gasteiger partial charge in [-0.2, -0.15) is 0 Å². The third kappa shape index (κ3) is 2.66. The molecule has 0 saturated heterocycles. The number of nitrogens with zero attached hydrogens (tertiary/aromatic N) is 3. The Morgan fingerprint density at radius 1 is 1.33 bits per heavy atom. The molecule has 2 aromatic heterocycles. The van der Waals surface area contributed by atoms with Crippen LogP contribution in [0.4, 0.5) is 11.4 Å². The van der Waals surface area contributed by atoms with E-state index in [9.17, 15) is 10.1 Å². The van der Waals surface area contributed by atoms with E-state index in [1.165, 1.54) is 6.07 Å². The summed E-state index contributed by atoms with van der Waals surface area (Å²) in [5.41, 5.74) is 2.29. The molecule has 0 fully saturated rings. The predicted octanol–water partition coefficient (Wildman–Crippen LogP) is 2.52. The minimum Gasteiger partial charge on any atom is -0.384 e. The molecular formula is C14H13N5O2. The summed E-state index contributed by atoms with van der Waals surface area (Å²) in [5, 5.41) is 15.1. The lowest BCUT2D eigenvalue weighted by atomic mass is 10.1. The first-order valence-electron chi connectivity index (χ1n) is 6.49. The number of fused-ring (bicyclic) bond motifs is 1. The Morgan fingerprint density at radius 3 is 3.00 bits per heavy atom. The Kier molecular flexibility index (Phi) is 3.46. The van der Waals surface area contributed by atoms with Gasteiger partial charge in [0.2, 0.25) is 0 Å². The van der Waals surface area contributed by atoms with Crippen molar-refractivity contribution in [3.63, 3.8) is 0 Å². The minimum atomic E-state index is -0.413. The number of nitrogens with one attached hydrogen (secondary N) is 2. The number of hydrogen-bond donors (Lipinski definition) is 2. The Balaban J connectivity index is 1.85. The van der Waals surface area contributed by atoms with Crippen LogP contribution in [0, 0.1) is 10.1 Å². The minimum absolute atomic E-state index is 0.0183. The van der Waals surface area contributed by atoms with E-state index in [2.05, 4.69) is 20.3 Å². The number of rotatable bonds is 5. The summed E-state index contributed by atoms with van der Waals surface area (Å²) >= 11 is 0. The first-order chi connectivity index (χ1) is 10.3. The van der Waals surface area contributed by atoms with E-state index in [0.717, 1.165) is 23.2 Å². The van der Waals surface area contributed by atoms with Crippen molar-refractivity contribution in [2.75, 3.05) is 11.9 Å². The molecule has 0 radical (unpaired) electrons. The summed E-state index contributed by atoms with van der Waals surface area (Å²) in [6.07, 6.45) is 5.78. The molecule has 0 unspecified atom stereocenters. The molecule has 0 spiro atoms. The molecule has 1 aromatic carbocycles. The lowest BCUT2D eigenvalue weighted by Gasteiger charge is -2.08. The largest absolute Gasteiger partial charge is 0.384 e. The molecule has 106 valence electrons. The number of para-hydroxylation sites is 1. The zero-order chi connectivity index (χ0) is 14.7. The summed E-state index contributed by atoms with van der Waals surface area (Å²) in [7, 11) is 0. The fraction of sp³-hybridized carbons (Fsp3) is 0.143. The van der Waals surface area contributed by atoms with Crippen molar-refractivity contribution in [1.29, 1.82) is 0 Å². The van der Waals surface area contributed by atoms with Gasteiger partial charge in [0.05, 0.1) is 11.3 Å². The van der Waals surface area contributed by atoms with Gasteiger partial charge in [-0.05, 0) is 6.07 Å². The summed E-state index contributed by atoms with van der Waals surface area (Å²) in [4.78, 5) is 21.7. The van der Waals surface area contributed by atoms with Crippen LogP contribution in [0.2, 0.25) is 0 Å². The molecule has 2 N–H and O–H groups in total. The average Bonchev–Trinajstić information content (AvgIpc) is 3.00. The number of anilines is 1. The van der Waals surface area contributed by atoms with Crippen LogP contribution >= 0.6 is 0 Å². The van der Waals surface area contributed by atoms with Crippen molar-refractivity contribution >= 4 is 22.3 Å². The number of H-pyrrole nitrogens is 1. The molecule has 7 nitrogen and oxygen atoms in total. The van der Waals surface area contributed by atoms with Crippen molar-refractivity contribution in [3.8, 4) is 0 Å². The maximum atomic E-state index is 11.0. The molecule has 0 aliphatic rings. The maximum Gasteiger partial charge on any atom is 0.295 e. The smallest absolute Gasteiger partial charge is 0.295 e. The highest BCUT2D eigenvalue weighted by Gasteiger charge is 2.14. The van der Waals surface area contributed by atoms with Crippen molar-refractivity contribution in [2.45, 2.75) is 6.42 Å². The molecule has 3 aromatic rings. The van der Waals surface area contributed by atoms with E-state index >= 15 is 0 Å². The molecule has 0 saturated carbocycles. The second kappa shape index (κ2) is 5.58. The fourth-order valence-corrected chi connectivity index (χ4v) is 2.22. The van der Waals surface area contributed by atoms with Crippen LogP contribution < -0.4 is 5.32 Å². The molecule has 0 bridgehead atoms. The zero-order valence-electron chi connectivity index (χ0n) is 11.1. The van der Waals surface area contributed by atoms with Gasteiger partial charge < -0.3 is 10.3 Å². The van der Waals surface area contributed by atoms with Gasteiger partial charge in [0.1, 0.15) is 5.52 Å². The third-order valence-electron chi connectivity index (χ3n) is 3.21. The Morgan fingerprint density at radius 2 is 2.24 bits per heavy atom. The van der Waals surface area contributed by atoms with Crippen LogP contribution in [-0.4, -0.2) is 26.4 Å².